The molecule has 4 nitrogen and oxygen atoms in total. The zero-order chi connectivity index (χ0) is 23.2. The lowest BCUT2D eigenvalue weighted by Gasteiger charge is -2.38. The molecule has 190 valence electrons. The molecular formula is C28H35Cl2FN2O2. The number of piperazine rings is 1. The number of ether oxygens (including phenoxy) is 2. The number of methoxy groups -OCH3 is 2. The maximum absolute atomic E-state index is 13.4. The minimum atomic E-state index is -0.200. The largest absolute Gasteiger partial charge is 0.493 e. The van der Waals surface area contributed by atoms with Crippen LogP contribution >= 0.6 is 24.8 Å². The van der Waals surface area contributed by atoms with Crippen molar-refractivity contribution < 1.29 is 13.9 Å². The zero-order valence-corrected chi connectivity index (χ0v) is 22.2. The van der Waals surface area contributed by atoms with Crippen molar-refractivity contribution in [3.05, 3.63) is 83.7 Å². The molecule has 1 fully saturated rings. The van der Waals surface area contributed by atoms with E-state index in [0.717, 1.165) is 56.2 Å². The Morgan fingerprint density at radius 1 is 0.829 bits per heavy atom. The first-order valence-electron chi connectivity index (χ1n) is 11.6. The Balaban J connectivity index is 0.00000216. The molecule has 7 heteroatoms. The van der Waals surface area contributed by atoms with E-state index >= 15 is 0 Å². The molecule has 1 aliphatic rings. The van der Waals surface area contributed by atoms with Crippen LogP contribution in [0.2, 0.25) is 0 Å². The average molecular weight is 522 g/mol. The van der Waals surface area contributed by atoms with Crippen LogP contribution in [0, 0.1) is 5.82 Å². The van der Waals surface area contributed by atoms with Gasteiger partial charge in [0.05, 0.1) is 14.2 Å². The van der Waals surface area contributed by atoms with Crippen LogP contribution in [0.15, 0.2) is 66.7 Å². The summed E-state index contributed by atoms with van der Waals surface area (Å²) in [5.41, 5.74) is 4.80. The summed E-state index contributed by atoms with van der Waals surface area (Å²) in [7, 11) is 3.34. The molecule has 1 saturated heterocycles. The maximum atomic E-state index is 13.4. The molecule has 3 aromatic carbocycles. The van der Waals surface area contributed by atoms with Gasteiger partial charge in [-0.05, 0) is 59.9 Å². The van der Waals surface area contributed by atoms with E-state index in [2.05, 4.69) is 53.1 Å². The molecule has 0 spiro atoms. The second-order valence-electron chi connectivity index (χ2n) is 8.59. The van der Waals surface area contributed by atoms with E-state index in [9.17, 15) is 4.39 Å². The second-order valence-corrected chi connectivity index (χ2v) is 8.59. The Kier molecular flexibility index (Phi) is 11.3. The van der Waals surface area contributed by atoms with E-state index in [1.165, 1.54) is 28.8 Å². The quantitative estimate of drug-likeness (QED) is 0.349. The predicted molar refractivity (Wildman–Crippen MR) is 146 cm³/mol. The maximum Gasteiger partial charge on any atom is 0.160 e. The highest BCUT2D eigenvalue weighted by Crippen LogP contribution is 2.32. The number of hydrogen-bond donors (Lipinski definition) is 0. The normalized spacial score (nSPS) is 15.0. The van der Waals surface area contributed by atoms with Gasteiger partial charge < -0.3 is 14.4 Å². The highest BCUT2D eigenvalue weighted by Gasteiger charge is 2.23. The highest BCUT2D eigenvalue weighted by atomic mass is 35.5. The first-order chi connectivity index (χ1) is 16.1. The summed E-state index contributed by atoms with van der Waals surface area (Å²) in [6.45, 7) is 7.48. The smallest absolute Gasteiger partial charge is 0.160 e. The Morgan fingerprint density at radius 3 is 2.14 bits per heavy atom. The van der Waals surface area contributed by atoms with Crippen LogP contribution in [0.25, 0.3) is 11.1 Å². The third kappa shape index (κ3) is 7.11. The van der Waals surface area contributed by atoms with Crippen molar-refractivity contribution in [2.24, 2.45) is 0 Å². The molecule has 1 heterocycles. The molecule has 0 amide bonds. The van der Waals surface area contributed by atoms with Gasteiger partial charge in [-0.25, -0.2) is 4.39 Å². The molecule has 0 radical (unpaired) electrons. The van der Waals surface area contributed by atoms with E-state index in [1.54, 1.807) is 14.2 Å². The number of benzene rings is 3. The van der Waals surface area contributed by atoms with Crippen LogP contribution in [0.4, 0.5) is 4.39 Å². The minimum Gasteiger partial charge on any atom is -0.493 e. The van der Waals surface area contributed by atoms with E-state index in [0.29, 0.717) is 6.04 Å². The molecule has 0 saturated carbocycles. The van der Waals surface area contributed by atoms with Crippen LogP contribution in [-0.4, -0.2) is 56.7 Å². The lowest BCUT2D eigenvalue weighted by Crippen LogP contribution is -2.47. The van der Waals surface area contributed by atoms with Crippen LogP contribution < -0.4 is 9.47 Å². The first-order valence-corrected chi connectivity index (χ1v) is 11.6. The molecule has 4 rings (SSSR count). The lowest BCUT2D eigenvalue weighted by molar-refractivity contribution is 0.103. The zero-order valence-electron chi connectivity index (χ0n) is 20.6. The topological polar surface area (TPSA) is 24.9 Å². The van der Waals surface area contributed by atoms with Gasteiger partial charge in [0, 0.05) is 38.8 Å². The summed E-state index contributed by atoms with van der Waals surface area (Å²) in [5, 5.41) is 0. The molecular weight excluding hydrogens is 486 g/mol. The minimum absolute atomic E-state index is 0. The average Bonchev–Trinajstić information content (AvgIpc) is 2.87. The van der Waals surface area contributed by atoms with E-state index < -0.39 is 0 Å². The summed E-state index contributed by atoms with van der Waals surface area (Å²) in [4.78, 5) is 5.08. The summed E-state index contributed by atoms with van der Waals surface area (Å²) in [6, 6.07) is 21.8. The number of hydrogen-bond acceptors (Lipinski definition) is 4. The highest BCUT2D eigenvalue weighted by molar-refractivity contribution is 5.85. The lowest BCUT2D eigenvalue weighted by atomic mass is 9.94. The van der Waals surface area contributed by atoms with Gasteiger partial charge in [0.1, 0.15) is 5.82 Å². The molecule has 0 N–H and O–H groups in total. The third-order valence-electron chi connectivity index (χ3n) is 6.69. The molecule has 3 aromatic rings. The van der Waals surface area contributed by atoms with Gasteiger partial charge in [-0.3, -0.25) is 4.90 Å². The Labute approximate surface area is 220 Å². The predicted octanol–water partition coefficient (Wildman–Crippen LogP) is 6.27. The number of nitrogens with zero attached hydrogens (tertiary/aromatic N) is 2. The van der Waals surface area contributed by atoms with Crippen LogP contribution in [0.3, 0.4) is 0 Å². The summed E-state index contributed by atoms with van der Waals surface area (Å²) in [5.74, 6) is 1.35. The van der Waals surface area contributed by atoms with Gasteiger partial charge in [-0.2, -0.15) is 0 Å². The van der Waals surface area contributed by atoms with E-state index in [4.69, 9.17) is 9.47 Å². The standard InChI is InChI=1S/C28H33FN2O2.2ClH/c1-21(25-6-4-5-7-26(25)23-9-11-24(29)12-10-23)31-18-16-30(17-19-31)15-14-22-8-13-27(32-2)28(20-22)33-3;;/h4-13,20-21H,14-19H2,1-3H3;2*1H. The third-order valence-corrected chi connectivity index (χ3v) is 6.69. The Morgan fingerprint density at radius 2 is 1.49 bits per heavy atom. The van der Waals surface area contributed by atoms with Gasteiger partial charge in [-0.15, -0.1) is 24.8 Å². The Hall–Kier alpha value is -2.31. The summed E-state index contributed by atoms with van der Waals surface area (Å²) in [6.07, 6.45) is 0.989. The van der Waals surface area contributed by atoms with Crippen LogP contribution in [0.5, 0.6) is 11.5 Å². The van der Waals surface area contributed by atoms with Gasteiger partial charge in [0.2, 0.25) is 0 Å². The molecule has 1 atom stereocenters. The SMILES string of the molecule is COc1ccc(CCN2CCN(C(C)c3ccccc3-c3ccc(F)cc3)CC2)cc1OC.Cl.Cl. The van der Waals surface area contributed by atoms with Gasteiger partial charge in [0.25, 0.3) is 0 Å². The van der Waals surface area contributed by atoms with Crippen molar-refractivity contribution in [3.63, 3.8) is 0 Å². The summed E-state index contributed by atoms with van der Waals surface area (Å²) < 4.78 is 24.2. The first kappa shape index (κ1) is 28.9. The fraction of sp³-hybridized carbons (Fsp3) is 0.357. The van der Waals surface area contributed by atoms with E-state index in [1.807, 2.05) is 18.2 Å². The van der Waals surface area contributed by atoms with Gasteiger partial charge in [0.15, 0.2) is 11.5 Å². The van der Waals surface area contributed by atoms with E-state index in [-0.39, 0.29) is 30.6 Å². The van der Waals surface area contributed by atoms with Crippen molar-refractivity contribution in [2.75, 3.05) is 46.9 Å². The fourth-order valence-electron chi connectivity index (χ4n) is 4.65. The van der Waals surface area contributed by atoms with Crippen LogP contribution in [0.1, 0.15) is 24.1 Å². The number of halogens is 3. The van der Waals surface area contributed by atoms with Gasteiger partial charge >= 0.3 is 0 Å². The number of rotatable bonds is 8. The Bertz CT molecular complexity index is 1060. The molecule has 0 aliphatic carbocycles. The fourth-order valence-corrected chi connectivity index (χ4v) is 4.65. The van der Waals surface area contributed by atoms with Crippen LogP contribution in [-0.2, 0) is 6.42 Å². The van der Waals surface area contributed by atoms with Crippen molar-refractivity contribution in [1.82, 2.24) is 9.80 Å². The van der Waals surface area contributed by atoms with Crippen molar-refractivity contribution in [3.8, 4) is 22.6 Å². The van der Waals surface area contributed by atoms with Gasteiger partial charge in [-0.1, -0.05) is 42.5 Å². The van der Waals surface area contributed by atoms with Crippen molar-refractivity contribution in [1.29, 1.82) is 0 Å². The second kappa shape index (κ2) is 13.7. The molecule has 35 heavy (non-hydrogen) atoms. The van der Waals surface area contributed by atoms with Crippen molar-refractivity contribution >= 4 is 24.8 Å². The monoisotopic (exact) mass is 520 g/mol. The van der Waals surface area contributed by atoms with Crippen molar-refractivity contribution in [2.45, 2.75) is 19.4 Å². The molecule has 0 bridgehead atoms. The summed E-state index contributed by atoms with van der Waals surface area (Å²) >= 11 is 0. The molecule has 1 aliphatic heterocycles. The molecule has 1 unspecified atom stereocenters. The molecule has 0 aromatic heterocycles.